The van der Waals surface area contributed by atoms with Crippen molar-refractivity contribution in [3.8, 4) is 0 Å². The first kappa shape index (κ1) is 14.8. The van der Waals surface area contributed by atoms with Crippen molar-refractivity contribution in [2.45, 2.75) is 45.4 Å². The summed E-state index contributed by atoms with van der Waals surface area (Å²) >= 11 is 3.39. The lowest BCUT2D eigenvalue weighted by Gasteiger charge is -2.12. The maximum Gasteiger partial charge on any atom is 0.202 e. The first-order chi connectivity index (χ1) is 8.04. The summed E-state index contributed by atoms with van der Waals surface area (Å²) in [5.41, 5.74) is 0.0504. The Kier molecular flexibility index (Phi) is 6.27. The van der Waals surface area contributed by atoms with Crippen LogP contribution in [-0.4, -0.2) is 27.9 Å². The van der Waals surface area contributed by atoms with E-state index < -0.39 is 0 Å². The van der Waals surface area contributed by atoms with Gasteiger partial charge in [-0.15, -0.1) is 0 Å². The van der Waals surface area contributed by atoms with Crippen LogP contribution in [0.2, 0.25) is 0 Å². The Morgan fingerprint density at radius 1 is 1.24 bits per heavy atom. The van der Waals surface area contributed by atoms with Gasteiger partial charge in [-0.1, -0.05) is 27.2 Å². The quantitative estimate of drug-likeness (QED) is 0.767. The van der Waals surface area contributed by atoms with Crippen molar-refractivity contribution >= 4 is 28.4 Å². The second-order valence-corrected chi connectivity index (χ2v) is 6.89. The minimum Gasteiger partial charge on any atom is -0.360 e. The van der Waals surface area contributed by atoms with E-state index in [4.69, 9.17) is 0 Å². The average molecular weight is 273 g/mol. The molecule has 0 saturated heterocycles. The first-order valence-electron chi connectivity index (χ1n) is 6.11. The summed E-state index contributed by atoms with van der Waals surface area (Å²) < 4.78 is 4.38. The van der Waals surface area contributed by atoms with Gasteiger partial charge in [0.2, 0.25) is 5.13 Å². The van der Waals surface area contributed by atoms with Crippen molar-refractivity contribution in [2.24, 2.45) is 0 Å². The molecule has 1 aromatic rings. The van der Waals surface area contributed by atoms with Gasteiger partial charge >= 0.3 is 0 Å². The smallest absolute Gasteiger partial charge is 0.202 e. The van der Waals surface area contributed by atoms with E-state index in [2.05, 4.69) is 41.7 Å². The summed E-state index contributed by atoms with van der Waals surface area (Å²) in [5.74, 6) is 2.21. The minimum absolute atomic E-state index is 0.0504. The Labute approximate surface area is 113 Å². The highest BCUT2D eigenvalue weighted by Crippen LogP contribution is 2.22. The number of aromatic nitrogens is 2. The summed E-state index contributed by atoms with van der Waals surface area (Å²) in [6.07, 6.45) is 5.98. The highest BCUT2D eigenvalue weighted by molar-refractivity contribution is 7.98. The number of hydrogen-bond donors (Lipinski definition) is 1. The number of hydrogen-bond acceptors (Lipinski definition) is 5. The van der Waals surface area contributed by atoms with Gasteiger partial charge in [-0.2, -0.15) is 16.1 Å². The molecule has 0 aliphatic heterocycles. The molecule has 0 saturated carbocycles. The minimum atomic E-state index is 0.0504. The third kappa shape index (κ3) is 5.73. The topological polar surface area (TPSA) is 37.8 Å². The van der Waals surface area contributed by atoms with Gasteiger partial charge in [-0.05, 0) is 24.9 Å². The molecule has 0 fully saturated rings. The van der Waals surface area contributed by atoms with E-state index in [1.807, 2.05) is 11.8 Å². The third-order valence-corrected chi connectivity index (χ3v) is 3.77. The van der Waals surface area contributed by atoms with E-state index in [0.29, 0.717) is 0 Å². The Hall–Kier alpha value is -0.290. The van der Waals surface area contributed by atoms with Crippen LogP contribution in [-0.2, 0) is 5.41 Å². The van der Waals surface area contributed by atoms with Crippen molar-refractivity contribution < 1.29 is 0 Å². The molecule has 0 spiro atoms. The fourth-order valence-electron chi connectivity index (χ4n) is 1.34. The van der Waals surface area contributed by atoms with Crippen LogP contribution in [0.1, 0.15) is 45.9 Å². The Bertz CT molecular complexity index is 318. The van der Waals surface area contributed by atoms with Crippen LogP contribution in [0.25, 0.3) is 0 Å². The molecule has 1 heterocycles. The molecule has 0 unspecified atom stereocenters. The normalized spacial score (nSPS) is 11.8. The lowest BCUT2D eigenvalue weighted by Crippen LogP contribution is -2.13. The number of anilines is 1. The van der Waals surface area contributed by atoms with Crippen LogP contribution in [0.4, 0.5) is 5.13 Å². The number of nitrogens with one attached hydrogen (secondary N) is 1. The third-order valence-electron chi connectivity index (χ3n) is 2.40. The molecular formula is C12H23N3S2. The van der Waals surface area contributed by atoms with Crippen molar-refractivity contribution in [3.05, 3.63) is 5.82 Å². The largest absolute Gasteiger partial charge is 0.360 e. The van der Waals surface area contributed by atoms with Crippen LogP contribution in [0.15, 0.2) is 0 Å². The number of thioether (sulfide) groups is 1. The molecule has 0 aromatic carbocycles. The molecule has 0 bridgehead atoms. The van der Waals surface area contributed by atoms with E-state index in [0.717, 1.165) is 17.5 Å². The van der Waals surface area contributed by atoms with Crippen LogP contribution in [0.3, 0.4) is 0 Å². The van der Waals surface area contributed by atoms with Crippen molar-refractivity contribution in [3.63, 3.8) is 0 Å². The zero-order valence-corrected chi connectivity index (χ0v) is 12.9. The zero-order chi connectivity index (χ0) is 12.7. The lowest BCUT2D eigenvalue weighted by atomic mass is 9.96. The fourth-order valence-corrected chi connectivity index (χ4v) is 2.62. The van der Waals surface area contributed by atoms with Crippen LogP contribution in [0, 0.1) is 0 Å². The van der Waals surface area contributed by atoms with Crippen LogP contribution >= 0.6 is 23.3 Å². The lowest BCUT2D eigenvalue weighted by molar-refractivity contribution is 0.555. The second kappa shape index (κ2) is 7.21. The maximum absolute atomic E-state index is 4.51. The highest BCUT2D eigenvalue weighted by atomic mass is 32.2. The van der Waals surface area contributed by atoms with Gasteiger partial charge in [-0.3, -0.25) is 0 Å². The van der Waals surface area contributed by atoms with E-state index in [-0.39, 0.29) is 5.41 Å². The predicted octanol–water partition coefficient (Wildman–Crippen LogP) is 3.78. The SMILES string of the molecule is CSCCCCCNc1nc(C(C)(C)C)ns1. The molecule has 1 N–H and O–H groups in total. The van der Waals surface area contributed by atoms with Gasteiger partial charge in [0.1, 0.15) is 5.82 Å². The van der Waals surface area contributed by atoms with Crippen molar-refractivity contribution in [2.75, 3.05) is 23.9 Å². The number of unbranched alkanes of at least 4 members (excludes halogenated alkanes) is 2. The van der Waals surface area contributed by atoms with Crippen molar-refractivity contribution in [1.82, 2.24) is 9.36 Å². The second-order valence-electron chi connectivity index (χ2n) is 5.15. The monoisotopic (exact) mass is 273 g/mol. The standard InChI is InChI=1S/C12H23N3S2/c1-12(2,3)10-14-11(17-15-10)13-8-6-5-7-9-16-4/h5-9H2,1-4H3,(H,13,14,15). The summed E-state index contributed by atoms with van der Waals surface area (Å²) in [6, 6.07) is 0. The molecule has 5 heteroatoms. The van der Waals surface area contributed by atoms with Gasteiger partial charge in [-0.25, -0.2) is 4.98 Å². The molecule has 0 radical (unpaired) electrons. The molecule has 1 rings (SSSR count). The molecule has 0 aliphatic rings. The van der Waals surface area contributed by atoms with Crippen LogP contribution < -0.4 is 5.32 Å². The summed E-state index contributed by atoms with van der Waals surface area (Å²) in [7, 11) is 0. The number of rotatable bonds is 7. The first-order valence-corrected chi connectivity index (χ1v) is 8.28. The molecule has 0 atom stereocenters. The van der Waals surface area contributed by atoms with Gasteiger partial charge < -0.3 is 5.32 Å². The zero-order valence-electron chi connectivity index (χ0n) is 11.2. The van der Waals surface area contributed by atoms with E-state index >= 15 is 0 Å². The molecule has 0 amide bonds. The summed E-state index contributed by atoms with van der Waals surface area (Å²) in [5, 5.41) is 4.31. The molecule has 0 aliphatic carbocycles. The molecule has 3 nitrogen and oxygen atoms in total. The predicted molar refractivity (Wildman–Crippen MR) is 79.3 cm³/mol. The molecular weight excluding hydrogens is 250 g/mol. The fraction of sp³-hybridized carbons (Fsp3) is 0.833. The number of nitrogens with zero attached hydrogens (tertiary/aromatic N) is 2. The van der Waals surface area contributed by atoms with Crippen LogP contribution in [0.5, 0.6) is 0 Å². The van der Waals surface area contributed by atoms with Gasteiger partial charge in [0.05, 0.1) is 0 Å². The van der Waals surface area contributed by atoms with Gasteiger partial charge in [0, 0.05) is 23.5 Å². The van der Waals surface area contributed by atoms with Gasteiger partial charge in [0.25, 0.3) is 0 Å². The van der Waals surface area contributed by atoms with E-state index in [1.165, 1.54) is 36.5 Å². The van der Waals surface area contributed by atoms with Gasteiger partial charge in [0.15, 0.2) is 0 Å². The Morgan fingerprint density at radius 2 is 2.00 bits per heavy atom. The van der Waals surface area contributed by atoms with E-state index in [9.17, 15) is 0 Å². The molecule has 1 aromatic heterocycles. The van der Waals surface area contributed by atoms with E-state index in [1.54, 1.807) is 0 Å². The Balaban J connectivity index is 2.21. The Morgan fingerprint density at radius 3 is 2.59 bits per heavy atom. The summed E-state index contributed by atoms with van der Waals surface area (Å²) in [6.45, 7) is 7.43. The average Bonchev–Trinajstić information content (AvgIpc) is 2.71. The highest BCUT2D eigenvalue weighted by Gasteiger charge is 2.19. The summed E-state index contributed by atoms with van der Waals surface area (Å²) in [4.78, 5) is 4.51. The van der Waals surface area contributed by atoms with Crippen molar-refractivity contribution in [1.29, 1.82) is 0 Å². The maximum atomic E-state index is 4.51. The molecule has 98 valence electrons. The molecule has 17 heavy (non-hydrogen) atoms.